The third-order valence-corrected chi connectivity index (χ3v) is 4.63. The van der Waals surface area contributed by atoms with Crippen molar-refractivity contribution in [2.45, 2.75) is 70.0 Å². The number of methoxy groups -OCH3 is 1. The van der Waals surface area contributed by atoms with E-state index in [0.717, 1.165) is 12.8 Å². The van der Waals surface area contributed by atoms with E-state index in [-0.39, 0.29) is 6.10 Å². The summed E-state index contributed by atoms with van der Waals surface area (Å²) in [6.07, 6.45) is 11.5. The monoisotopic (exact) mass is 226 g/mol. The van der Waals surface area contributed by atoms with E-state index in [4.69, 9.17) is 4.74 Å². The summed E-state index contributed by atoms with van der Waals surface area (Å²) in [7, 11) is 1.80. The van der Waals surface area contributed by atoms with E-state index in [1.807, 2.05) is 0 Å². The fraction of sp³-hybridized carbons (Fsp3) is 1.00. The lowest BCUT2D eigenvalue weighted by Gasteiger charge is -2.38. The highest BCUT2D eigenvalue weighted by atomic mass is 16.5. The van der Waals surface area contributed by atoms with Gasteiger partial charge in [0.2, 0.25) is 0 Å². The van der Waals surface area contributed by atoms with Gasteiger partial charge in [0, 0.05) is 13.0 Å². The molecule has 0 aromatic rings. The minimum Gasteiger partial charge on any atom is -0.392 e. The van der Waals surface area contributed by atoms with E-state index in [2.05, 4.69) is 0 Å². The van der Waals surface area contributed by atoms with Crippen LogP contribution in [0.4, 0.5) is 0 Å². The van der Waals surface area contributed by atoms with Crippen molar-refractivity contribution in [3.63, 3.8) is 0 Å². The molecule has 2 heteroatoms. The first-order valence-electron chi connectivity index (χ1n) is 7.04. The first-order chi connectivity index (χ1) is 7.83. The molecule has 16 heavy (non-hydrogen) atoms. The average Bonchev–Trinajstić information content (AvgIpc) is 2.39. The second kappa shape index (κ2) is 6.02. The molecule has 0 aromatic carbocycles. The van der Waals surface area contributed by atoms with Gasteiger partial charge in [0.1, 0.15) is 0 Å². The number of ether oxygens (including phenoxy) is 1. The summed E-state index contributed by atoms with van der Waals surface area (Å²) in [5, 5.41) is 10.5. The second-order valence-electron chi connectivity index (χ2n) is 5.61. The number of aliphatic hydroxyl groups is 1. The predicted octanol–water partition coefficient (Wildman–Crippen LogP) is 3.13. The van der Waals surface area contributed by atoms with Crippen molar-refractivity contribution in [1.29, 1.82) is 0 Å². The van der Waals surface area contributed by atoms with E-state index >= 15 is 0 Å². The zero-order valence-corrected chi connectivity index (χ0v) is 10.5. The van der Waals surface area contributed by atoms with E-state index < -0.39 is 0 Å². The summed E-state index contributed by atoms with van der Waals surface area (Å²) < 4.78 is 5.56. The van der Waals surface area contributed by atoms with Crippen LogP contribution in [-0.2, 0) is 4.74 Å². The van der Waals surface area contributed by atoms with Gasteiger partial charge in [-0.15, -0.1) is 0 Å². The summed E-state index contributed by atoms with van der Waals surface area (Å²) >= 11 is 0. The molecule has 0 amide bonds. The summed E-state index contributed by atoms with van der Waals surface area (Å²) in [5.74, 6) is 0.955. The van der Waals surface area contributed by atoms with Crippen LogP contribution in [-0.4, -0.2) is 24.4 Å². The maximum absolute atomic E-state index is 10.5. The fourth-order valence-electron chi connectivity index (χ4n) is 3.63. The maximum Gasteiger partial charge on any atom is 0.0624 e. The lowest BCUT2D eigenvalue weighted by molar-refractivity contribution is -0.0631. The molecule has 0 bridgehead atoms. The Morgan fingerprint density at radius 3 is 2.25 bits per heavy atom. The Kier molecular flexibility index (Phi) is 4.66. The highest BCUT2D eigenvalue weighted by Crippen LogP contribution is 2.36. The van der Waals surface area contributed by atoms with Crippen LogP contribution in [0.5, 0.6) is 0 Å². The lowest BCUT2D eigenvalue weighted by Crippen LogP contribution is -2.40. The minimum absolute atomic E-state index is 0.106. The number of hydrogen-bond donors (Lipinski definition) is 1. The fourth-order valence-corrected chi connectivity index (χ4v) is 3.63. The summed E-state index contributed by atoms with van der Waals surface area (Å²) in [4.78, 5) is 0. The van der Waals surface area contributed by atoms with Gasteiger partial charge in [-0.3, -0.25) is 0 Å². The number of rotatable bonds is 3. The number of hydrogen-bond acceptors (Lipinski definition) is 2. The first kappa shape index (κ1) is 12.4. The van der Waals surface area contributed by atoms with Gasteiger partial charge in [-0.2, -0.15) is 0 Å². The summed E-state index contributed by atoms with van der Waals surface area (Å²) in [5.41, 5.74) is 0. The van der Waals surface area contributed by atoms with Crippen molar-refractivity contribution in [3.05, 3.63) is 0 Å². The van der Waals surface area contributed by atoms with E-state index in [9.17, 15) is 5.11 Å². The van der Waals surface area contributed by atoms with Gasteiger partial charge < -0.3 is 9.84 Å². The Labute approximate surface area is 99.4 Å². The molecule has 2 aliphatic rings. The average molecular weight is 226 g/mol. The Morgan fingerprint density at radius 1 is 0.938 bits per heavy atom. The zero-order valence-electron chi connectivity index (χ0n) is 10.5. The third-order valence-electron chi connectivity index (χ3n) is 4.63. The molecule has 3 atom stereocenters. The van der Waals surface area contributed by atoms with Crippen molar-refractivity contribution >= 4 is 0 Å². The summed E-state index contributed by atoms with van der Waals surface area (Å²) in [6, 6.07) is 0. The smallest absolute Gasteiger partial charge is 0.0624 e. The molecule has 0 saturated heterocycles. The van der Waals surface area contributed by atoms with Gasteiger partial charge in [-0.1, -0.05) is 32.1 Å². The van der Waals surface area contributed by atoms with Crippen LogP contribution < -0.4 is 0 Å². The molecule has 0 heterocycles. The molecule has 2 rings (SSSR count). The number of aliphatic hydroxyl groups excluding tert-OH is 1. The molecule has 3 unspecified atom stereocenters. The van der Waals surface area contributed by atoms with Crippen LogP contribution in [0.3, 0.4) is 0 Å². The van der Waals surface area contributed by atoms with Crippen molar-refractivity contribution in [2.24, 2.45) is 11.8 Å². The quantitative estimate of drug-likeness (QED) is 0.801. The van der Waals surface area contributed by atoms with Crippen LogP contribution in [0.15, 0.2) is 0 Å². The molecule has 1 N–H and O–H groups in total. The Hall–Kier alpha value is -0.0800. The standard InChI is InChI=1S/C14H26O2/c1-16-13-10-6-5-9-12(13)14(15)11-7-3-2-4-8-11/h11-15H,2-10H2,1H3. The van der Waals surface area contributed by atoms with Gasteiger partial charge in [0.15, 0.2) is 0 Å². The van der Waals surface area contributed by atoms with Crippen molar-refractivity contribution in [2.75, 3.05) is 7.11 Å². The van der Waals surface area contributed by atoms with Gasteiger partial charge in [0.05, 0.1) is 12.2 Å². The van der Waals surface area contributed by atoms with Crippen LogP contribution in [0, 0.1) is 11.8 Å². The largest absolute Gasteiger partial charge is 0.392 e. The Balaban J connectivity index is 1.92. The van der Waals surface area contributed by atoms with Gasteiger partial charge in [0.25, 0.3) is 0 Å². The maximum atomic E-state index is 10.5. The predicted molar refractivity (Wildman–Crippen MR) is 65.3 cm³/mol. The van der Waals surface area contributed by atoms with E-state index in [0.29, 0.717) is 17.9 Å². The lowest BCUT2D eigenvalue weighted by atomic mass is 9.74. The topological polar surface area (TPSA) is 29.5 Å². The Morgan fingerprint density at radius 2 is 1.56 bits per heavy atom. The van der Waals surface area contributed by atoms with Gasteiger partial charge >= 0.3 is 0 Å². The van der Waals surface area contributed by atoms with Crippen molar-refractivity contribution < 1.29 is 9.84 Å². The van der Waals surface area contributed by atoms with Crippen LogP contribution in [0.1, 0.15) is 57.8 Å². The molecule has 0 spiro atoms. The van der Waals surface area contributed by atoms with Crippen LogP contribution >= 0.6 is 0 Å². The van der Waals surface area contributed by atoms with Crippen LogP contribution in [0.25, 0.3) is 0 Å². The third kappa shape index (κ3) is 2.78. The van der Waals surface area contributed by atoms with Gasteiger partial charge in [-0.05, 0) is 31.6 Å². The highest BCUT2D eigenvalue weighted by molar-refractivity contribution is 4.86. The minimum atomic E-state index is -0.106. The van der Waals surface area contributed by atoms with Gasteiger partial charge in [-0.25, -0.2) is 0 Å². The molecular weight excluding hydrogens is 200 g/mol. The SMILES string of the molecule is COC1CCCCC1C(O)C1CCCCC1. The molecular formula is C14H26O2. The van der Waals surface area contributed by atoms with E-state index in [1.165, 1.54) is 44.9 Å². The molecule has 2 fully saturated rings. The van der Waals surface area contributed by atoms with Crippen molar-refractivity contribution in [3.8, 4) is 0 Å². The zero-order chi connectivity index (χ0) is 11.4. The molecule has 2 aliphatic carbocycles. The van der Waals surface area contributed by atoms with Crippen molar-refractivity contribution in [1.82, 2.24) is 0 Å². The van der Waals surface area contributed by atoms with Crippen LogP contribution in [0.2, 0.25) is 0 Å². The molecule has 2 nitrogen and oxygen atoms in total. The highest BCUT2D eigenvalue weighted by Gasteiger charge is 2.35. The Bertz CT molecular complexity index is 199. The first-order valence-corrected chi connectivity index (χ1v) is 7.04. The second-order valence-corrected chi connectivity index (χ2v) is 5.61. The molecule has 94 valence electrons. The normalized spacial score (nSPS) is 34.9. The molecule has 0 aromatic heterocycles. The summed E-state index contributed by atoms with van der Waals surface area (Å²) in [6.45, 7) is 0. The molecule has 2 saturated carbocycles. The molecule has 0 radical (unpaired) electrons. The molecule has 0 aliphatic heterocycles. The van der Waals surface area contributed by atoms with E-state index in [1.54, 1.807) is 7.11 Å².